The molecule has 1 heterocycles. The first-order valence-electron chi connectivity index (χ1n) is 8.77. The highest BCUT2D eigenvalue weighted by Crippen LogP contribution is 2.30. The number of allylic oxidation sites excluding steroid dienone is 6. The SMILES string of the molecule is CC.COc1ccc(-c2ccc(C3=CC=CC=CC3)n2CC(=O)O)cc1. The number of carboxylic acid groups (broad SMARTS) is 1. The third kappa shape index (κ3) is 4.54. The fourth-order valence-electron chi connectivity index (χ4n) is 2.83. The van der Waals surface area contributed by atoms with E-state index in [2.05, 4.69) is 6.08 Å². The topological polar surface area (TPSA) is 51.5 Å². The zero-order valence-corrected chi connectivity index (χ0v) is 15.5. The first-order valence-corrected chi connectivity index (χ1v) is 8.77. The Balaban J connectivity index is 0.00000117. The van der Waals surface area contributed by atoms with Crippen LogP contribution in [0.1, 0.15) is 26.0 Å². The van der Waals surface area contributed by atoms with E-state index >= 15 is 0 Å². The first kappa shape index (κ1) is 19.3. The number of methoxy groups -OCH3 is 1. The Morgan fingerprint density at radius 2 is 1.73 bits per heavy atom. The summed E-state index contributed by atoms with van der Waals surface area (Å²) >= 11 is 0. The van der Waals surface area contributed by atoms with Crippen LogP contribution in [-0.4, -0.2) is 22.8 Å². The number of nitrogens with zero attached hydrogens (tertiary/aromatic N) is 1. The highest BCUT2D eigenvalue weighted by Gasteiger charge is 2.15. The number of aliphatic carboxylic acids is 1. The maximum Gasteiger partial charge on any atom is 0.323 e. The molecule has 0 saturated carbocycles. The van der Waals surface area contributed by atoms with E-state index < -0.39 is 5.97 Å². The van der Waals surface area contributed by atoms with Crippen molar-refractivity contribution in [3.05, 3.63) is 72.5 Å². The number of aromatic nitrogens is 1. The molecule has 0 fully saturated rings. The summed E-state index contributed by atoms with van der Waals surface area (Å²) in [6, 6.07) is 11.6. The molecule has 1 N–H and O–H groups in total. The fourth-order valence-corrected chi connectivity index (χ4v) is 2.83. The number of carboxylic acids is 1. The molecule has 3 rings (SSSR count). The molecule has 1 aliphatic rings. The van der Waals surface area contributed by atoms with Crippen LogP contribution in [0.25, 0.3) is 16.8 Å². The number of ether oxygens (including phenoxy) is 1. The molecule has 0 radical (unpaired) electrons. The normalized spacial score (nSPS) is 12.7. The van der Waals surface area contributed by atoms with Gasteiger partial charge in [0.25, 0.3) is 0 Å². The van der Waals surface area contributed by atoms with Gasteiger partial charge in [-0.15, -0.1) is 0 Å². The van der Waals surface area contributed by atoms with Gasteiger partial charge in [0.2, 0.25) is 0 Å². The lowest BCUT2D eigenvalue weighted by atomic mass is 10.1. The molecule has 0 aliphatic heterocycles. The molecule has 4 heteroatoms. The lowest BCUT2D eigenvalue weighted by molar-refractivity contribution is -0.137. The van der Waals surface area contributed by atoms with E-state index in [1.807, 2.05) is 79.1 Å². The molecule has 0 atom stereocenters. The van der Waals surface area contributed by atoms with E-state index in [1.165, 1.54) is 0 Å². The molecule has 26 heavy (non-hydrogen) atoms. The van der Waals surface area contributed by atoms with Crippen molar-refractivity contribution in [2.75, 3.05) is 7.11 Å². The minimum absolute atomic E-state index is 0.0749. The molecule has 0 spiro atoms. The second-order valence-corrected chi connectivity index (χ2v) is 5.52. The van der Waals surface area contributed by atoms with Crippen molar-refractivity contribution < 1.29 is 14.6 Å². The van der Waals surface area contributed by atoms with Gasteiger partial charge in [0.1, 0.15) is 12.3 Å². The third-order valence-electron chi connectivity index (χ3n) is 3.98. The van der Waals surface area contributed by atoms with Crippen molar-refractivity contribution >= 4 is 11.5 Å². The van der Waals surface area contributed by atoms with Gasteiger partial charge in [-0.25, -0.2) is 0 Å². The maximum absolute atomic E-state index is 11.4. The Labute approximate surface area is 154 Å². The number of hydrogen-bond acceptors (Lipinski definition) is 2. The fraction of sp³-hybridized carbons (Fsp3) is 0.227. The number of benzene rings is 1. The van der Waals surface area contributed by atoms with E-state index in [0.717, 1.165) is 34.7 Å². The van der Waals surface area contributed by atoms with Gasteiger partial charge in [-0.3, -0.25) is 4.79 Å². The van der Waals surface area contributed by atoms with Gasteiger partial charge >= 0.3 is 5.97 Å². The molecule has 0 unspecified atom stereocenters. The number of hydrogen-bond donors (Lipinski definition) is 1. The number of rotatable bonds is 5. The summed E-state index contributed by atoms with van der Waals surface area (Å²) in [5.41, 5.74) is 3.87. The summed E-state index contributed by atoms with van der Waals surface area (Å²) < 4.78 is 7.04. The average Bonchev–Trinajstić information content (AvgIpc) is 2.89. The van der Waals surface area contributed by atoms with Crippen molar-refractivity contribution in [1.29, 1.82) is 0 Å². The van der Waals surface area contributed by atoms with Crippen molar-refractivity contribution in [3.63, 3.8) is 0 Å². The number of carbonyl (C=O) groups is 1. The van der Waals surface area contributed by atoms with Crippen molar-refractivity contribution in [1.82, 2.24) is 4.57 Å². The molecule has 4 nitrogen and oxygen atoms in total. The first-order chi connectivity index (χ1) is 12.7. The zero-order chi connectivity index (χ0) is 18.9. The predicted octanol–water partition coefficient (Wildman–Crippen LogP) is 5.17. The van der Waals surface area contributed by atoms with Crippen LogP contribution in [-0.2, 0) is 11.3 Å². The predicted molar refractivity (Wildman–Crippen MR) is 106 cm³/mol. The average molecular weight is 351 g/mol. The minimum atomic E-state index is -0.859. The van der Waals surface area contributed by atoms with E-state index in [1.54, 1.807) is 7.11 Å². The summed E-state index contributed by atoms with van der Waals surface area (Å²) in [5.74, 6) is -0.0837. The van der Waals surface area contributed by atoms with Gasteiger partial charge in [-0.2, -0.15) is 0 Å². The molecule has 136 valence electrons. The summed E-state index contributed by atoms with van der Waals surface area (Å²) in [6.07, 6.45) is 10.8. The Kier molecular flexibility index (Phi) is 7.03. The molecule has 0 amide bonds. The Morgan fingerprint density at radius 3 is 2.38 bits per heavy atom. The monoisotopic (exact) mass is 351 g/mol. The largest absolute Gasteiger partial charge is 0.497 e. The standard InChI is InChI=1S/C20H19NO3.C2H6/c1-24-17-10-8-16(9-11-17)19-13-12-18(21(19)14-20(22)23)15-6-4-2-3-5-7-15;1-2/h2-6,8-13H,7,14H2,1H3,(H,22,23);1-2H3. The summed E-state index contributed by atoms with van der Waals surface area (Å²) in [4.78, 5) is 11.4. The molecule has 0 bridgehead atoms. The summed E-state index contributed by atoms with van der Waals surface area (Å²) in [7, 11) is 1.62. The van der Waals surface area contributed by atoms with Gasteiger partial charge in [-0.1, -0.05) is 44.2 Å². The highest BCUT2D eigenvalue weighted by molar-refractivity contribution is 5.75. The van der Waals surface area contributed by atoms with Gasteiger partial charge < -0.3 is 14.4 Å². The highest BCUT2D eigenvalue weighted by atomic mass is 16.5. The van der Waals surface area contributed by atoms with Crippen LogP contribution in [0.2, 0.25) is 0 Å². The van der Waals surface area contributed by atoms with Crippen LogP contribution in [0.4, 0.5) is 0 Å². The molecule has 0 saturated heterocycles. The molecule has 2 aromatic rings. The van der Waals surface area contributed by atoms with Gasteiger partial charge in [-0.05, 0) is 54.0 Å². The van der Waals surface area contributed by atoms with Crippen LogP contribution in [0.3, 0.4) is 0 Å². The molecular weight excluding hydrogens is 326 g/mol. The van der Waals surface area contributed by atoms with E-state index in [-0.39, 0.29) is 6.54 Å². The second-order valence-electron chi connectivity index (χ2n) is 5.52. The molecule has 1 aromatic carbocycles. The van der Waals surface area contributed by atoms with Crippen LogP contribution in [0.5, 0.6) is 5.75 Å². The van der Waals surface area contributed by atoms with Crippen LogP contribution in [0.15, 0.2) is 66.8 Å². The summed E-state index contributed by atoms with van der Waals surface area (Å²) in [6.45, 7) is 3.93. The lowest BCUT2D eigenvalue weighted by Crippen LogP contribution is -2.12. The van der Waals surface area contributed by atoms with Crippen molar-refractivity contribution in [2.45, 2.75) is 26.8 Å². The smallest absolute Gasteiger partial charge is 0.323 e. The Morgan fingerprint density at radius 1 is 1.04 bits per heavy atom. The third-order valence-corrected chi connectivity index (χ3v) is 3.98. The zero-order valence-electron chi connectivity index (χ0n) is 15.5. The van der Waals surface area contributed by atoms with E-state index in [0.29, 0.717) is 0 Å². The Bertz CT molecular complexity index is 824. The molecular formula is C22H25NO3. The Hall–Kier alpha value is -3.01. The van der Waals surface area contributed by atoms with Crippen LogP contribution >= 0.6 is 0 Å². The quantitative estimate of drug-likeness (QED) is 0.808. The lowest BCUT2D eigenvalue weighted by Gasteiger charge is -2.13. The van der Waals surface area contributed by atoms with Gasteiger partial charge in [0.05, 0.1) is 7.11 Å². The van der Waals surface area contributed by atoms with Gasteiger partial charge in [0.15, 0.2) is 0 Å². The van der Waals surface area contributed by atoms with Crippen LogP contribution in [0, 0.1) is 0 Å². The van der Waals surface area contributed by atoms with Crippen molar-refractivity contribution in [3.8, 4) is 17.0 Å². The maximum atomic E-state index is 11.4. The van der Waals surface area contributed by atoms with Crippen LogP contribution < -0.4 is 4.74 Å². The molecule has 1 aliphatic carbocycles. The molecule has 1 aromatic heterocycles. The minimum Gasteiger partial charge on any atom is -0.497 e. The van der Waals surface area contributed by atoms with E-state index in [9.17, 15) is 9.90 Å². The van der Waals surface area contributed by atoms with E-state index in [4.69, 9.17) is 4.74 Å². The van der Waals surface area contributed by atoms with Gasteiger partial charge in [0, 0.05) is 11.4 Å². The van der Waals surface area contributed by atoms with Crippen molar-refractivity contribution in [2.24, 2.45) is 0 Å². The second kappa shape index (κ2) is 9.47. The summed E-state index contributed by atoms with van der Waals surface area (Å²) in [5, 5.41) is 9.33.